The Bertz CT molecular complexity index is 1110. The first-order valence-corrected chi connectivity index (χ1v) is 9.42. The Balaban J connectivity index is 1.43. The van der Waals surface area contributed by atoms with Crippen LogP contribution in [0.5, 0.6) is 11.5 Å². The van der Waals surface area contributed by atoms with Gasteiger partial charge < -0.3 is 18.4 Å². The second-order valence-corrected chi connectivity index (χ2v) is 6.68. The lowest BCUT2D eigenvalue weighted by Crippen LogP contribution is -1.90. The Kier molecular flexibility index (Phi) is 5.43. The maximum atomic E-state index is 13.0. The first-order chi connectivity index (χ1) is 14.2. The summed E-state index contributed by atoms with van der Waals surface area (Å²) in [5.74, 6) is 2.35. The Morgan fingerprint density at radius 1 is 0.931 bits per heavy atom. The Labute approximate surface area is 169 Å². The molecule has 0 spiro atoms. The fourth-order valence-corrected chi connectivity index (χ4v) is 3.11. The number of halogens is 1. The molecule has 2 heterocycles. The topological polar surface area (TPSA) is 96.3 Å². The standard InChI is InChI=1S/C19H15FN4O4S/c1-25-14-8-5-12(9-15(14)26-2)18-22-23-19(27-18)29-10-16-21-17(28-24-16)11-3-6-13(20)7-4-11/h3-9H,10H2,1-2H3. The van der Waals surface area contributed by atoms with Crippen LogP contribution in [0.2, 0.25) is 0 Å². The summed E-state index contributed by atoms with van der Waals surface area (Å²) in [5.41, 5.74) is 1.35. The van der Waals surface area contributed by atoms with Gasteiger partial charge in [-0.1, -0.05) is 16.9 Å². The van der Waals surface area contributed by atoms with Crippen LogP contribution in [0.25, 0.3) is 22.9 Å². The normalized spacial score (nSPS) is 10.9. The average molecular weight is 414 g/mol. The minimum atomic E-state index is -0.328. The number of hydrogen-bond acceptors (Lipinski definition) is 9. The molecule has 29 heavy (non-hydrogen) atoms. The highest BCUT2D eigenvalue weighted by Crippen LogP contribution is 2.33. The van der Waals surface area contributed by atoms with Crippen LogP contribution in [0.3, 0.4) is 0 Å². The van der Waals surface area contributed by atoms with Gasteiger partial charge in [0.1, 0.15) is 5.82 Å². The largest absolute Gasteiger partial charge is 0.493 e. The van der Waals surface area contributed by atoms with Crippen LogP contribution >= 0.6 is 11.8 Å². The van der Waals surface area contributed by atoms with Crippen molar-refractivity contribution in [3.8, 4) is 34.4 Å². The number of rotatable bonds is 7. The summed E-state index contributed by atoms with van der Waals surface area (Å²) < 4.78 is 34.4. The molecule has 4 rings (SSSR count). The molecule has 0 aliphatic carbocycles. The zero-order valence-electron chi connectivity index (χ0n) is 15.5. The van der Waals surface area contributed by atoms with Crippen LogP contribution in [0.4, 0.5) is 4.39 Å². The summed E-state index contributed by atoms with van der Waals surface area (Å²) >= 11 is 1.28. The number of hydrogen-bond donors (Lipinski definition) is 0. The van der Waals surface area contributed by atoms with Crippen LogP contribution in [0, 0.1) is 5.82 Å². The van der Waals surface area contributed by atoms with Crippen molar-refractivity contribution in [3.05, 3.63) is 54.1 Å². The maximum absolute atomic E-state index is 13.0. The van der Waals surface area contributed by atoms with Gasteiger partial charge in [0.15, 0.2) is 17.3 Å². The molecule has 4 aromatic rings. The number of aromatic nitrogens is 4. The number of benzene rings is 2. The monoisotopic (exact) mass is 414 g/mol. The van der Waals surface area contributed by atoms with E-state index in [1.165, 1.54) is 23.9 Å². The van der Waals surface area contributed by atoms with E-state index in [0.717, 1.165) is 0 Å². The van der Waals surface area contributed by atoms with Crippen LogP contribution < -0.4 is 9.47 Å². The zero-order chi connectivity index (χ0) is 20.2. The summed E-state index contributed by atoms with van der Waals surface area (Å²) in [4.78, 5) is 4.29. The van der Waals surface area contributed by atoms with E-state index in [2.05, 4.69) is 20.3 Å². The Morgan fingerprint density at radius 3 is 2.45 bits per heavy atom. The molecule has 0 amide bonds. The minimum absolute atomic E-state index is 0.317. The van der Waals surface area contributed by atoms with E-state index in [9.17, 15) is 4.39 Å². The molecule has 0 atom stereocenters. The first kappa shape index (κ1) is 18.9. The van der Waals surface area contributed by atoms with Gasteiger partial charge in [-0.05, 0) is 42.5 Å². The molecule has 0 bridgehead atoms. The highest BCUT2D eigenvalue weighted by atomic mass is 32.2. The van der Waals surface area contributed by atoms with E-state index < -0.39 is 0 Å². The molecular weight excluding hydrogens is 399 g/mol. The van der Waals surface area contributed by atoms with Crippen LogP contribution in [-0.4, -0.2) is 34.6 Å². The number of ether oxygens (including phenoxy) is 2. The molecule has 148 valence electrons. The summed E-state index contributed by atoms with van der Waals surface area (Å²) in [6.07, 6.45) is 0. The molecule has 2 aromatic heterocycles. The van der Waals surface area contributed by atoms with E-state index in [-0.39, 0.29) is 5.82 Å². The van der Waals surface area contributed by atoms with E-state index in [1.54, 1.807) is 44.6 Å². The molecule has 2 aromatic carbocycles. The molecule has 0 fully saturated rings. The maximum Gasteiger partial charge on any atom is 0.277 e. The van der Waals surface area contributed by atoms with Crippen molar-refractivity contribution >= 4 is 11.8 Å². The smallest absolute Gasteiger partial charge is 0.277 e. The number of methoxy groups -OCH3 is 2. The van der Waals surface area contributed by atoms with Crippen molar-refractivity contribution < 1.29 is 22.8 Å². The van der Waals surface area contributed by atoms with Crippen LogP contribution in [0.1, 0.15) is 5.82 Å². The molecule has 0 radical (unpaired) electrons. The quantitative estimate of drug-likeness (QED) is 0.411. The lowest BCUT2D eigenvalue weighted by atomic mass is 10.2. The third-order valence-electron chi connectivity index (χ3n) is 3.92. The summed E-state index contributed by atoms with van der Waals surface area (Å²) in [6.45, 7) is 0. The second-order valence-electron chi connectivity index (χ2n) is 5.75. The molecule has 8 nitrogen and oxygen atoms in total. The molecule has 10 heteroatoms. The summed E-state index contributed by atoms with van der Waals surface area (Å²) in [6, 6.07) is 11.2. The van der Waals surface area contributed by atoms with E-state index >= 15 is 0 Å². The molecule has 0 saturated heterocycles. The van der Waals surface area contributed by atoms with E-state index in [0.29, 0.717) is 51.2 Å². The van der Waals surface area contributed by atoms with Gasteiger partial charge in [0.05, 0.1) is 20.0 Å². The predicted molar refractivity (Wildman–Crippen MR) is 102 cm³/mol. The first-order valence-electron chi connectivity index (χ1n) is 8.43. The van der Waals surface area contributed by atoms with Gasteiger partial charge in [-0.25, -0.2) is 4.39 Å². The zero-order valence-corrected chi connectivity index (χ0v) is 16.3. The van der Waals surface area contributed by atoms with Crippen LogP contribution in [0.15, 0.2) is 56.6 Å². The van der Waals surface area contributed by atoms with Crippen molar-refractivity contribution in [2.24, 2.45) is 0 Å². The molecule has 0 aliphatic heterocycles. The summed E-state index contributed by atoms with van der Waals surface area (Å²) in [5, 5.41) is 12.4. The van der Waals surface area contributed by atoms with E-state index in [1.807, 2.05) is 0 Å². The van der Waals surface area contributed by atoms with Crippen molar-refractivity contribution in [3.63, 3.8) is 0 Å². The number of nitrogens with zero attached hydrogens (tertiary/aromatic N) is 4. The Hall–Kier alpha value is -3.40. The lowest BCUT2D eigenvalue weighted by molar-refractivity contribution is 0.355. The number of thioether (sulfide) groups is 1. The minimum Gasteiger partial charge on any atom is -0.493 e. The molecular formula is C19H15FN4O4S. The summed E-state index contributed by atoms with van der Waals surface area (Å²) in [7, 11) is 3.13. The van der Waals surface area contributed by atoms with E-state index in [4.69, 9.17) is 18.4 Å². The van der Waals surface area contributed by atoms with Crippen molar-refractivity contribution in [1.29, 1.82) is 0 Å². The average Bonchev–Trinajstić information content (AvgIpc) is 3.42. The SMILES string of the molecule is COc1ccc(-c2nnc(SCc3noc(-c4ccc(F)cc4)n3)o2)cc1OC. The highest BCUT2D eigenvalue weighted by molar-refractivity contribution is 7.98. The van der Waals surface area contributed by atoms with Gasteiger partial charge in [-0.3, -0.25) is 0 Å². The van der Waals surface area contributed by atoms with Gasteiger partial charge in [0.2, 0.25) is 5.89 Å². The third-order valence-corrected chi connectivity index (χ3v) is 4.74. The van der Waals surface area contributed by atoms with Crippen molar-refractivity contribution in [1.82, 2.24) is 20.3 Å². The van der Waals surface area contributed by atoms with Gasteiger partial charge in [-0.2, -0.15) is 4.98 Å². The molecule has 0 unspecified atom stereocenters. The molecule has 0 saturated carbocycles. The van der Waals surface area contributed by atoms with Gasteiger partial charge >= 0.3 is 0 Å². The van der Waals surface area contributed by atoms with Crippen LogP contribution in [-0.2, 0) is 5.75 Å². The van der Waals surface area contributed by atoms with Crippen molar-refractivity contribution in [2.75, 3.05) is 14.2 Å². The highest BCUT2D eigenvalue weighted by Gasteiger charge is 2.14. The van der Waals surface area contributed by atoms with Gasteiger partial charge in [0.25, 0.3) is 11.1 Å². The fraction of sp³-hybridized carbons (Fsp3) is 0.158. The van der Waals surface area contributed by atoms with Gasteiger partial charge in [-0.15, -0.1) is 10.2 Å². The third kappa shape index (κ3) is 4.21. The molecule has 0 N–H and O–H groups in total. The fourth-order valence-electron chi connectivity index (χ4n) is 2.50. The van der Waals surface area contributed by atoms with Crippen molar-refractivity contribution in [2.45, 2.75) is 11.0 Å². The Morgan fingerprint density at radius 2 is 1.69 bits per heavy atom. The van der Waals surface area contributed by atoms with Gasteiger partial charge in [0, 0.05) is 11.1 Å². The molecule has 0 aliphatic rings. The predicted octanol–water partition coefficient (Wildman–Crippen LogP) is 4.24. The second kappa shape index (κ2) is 8.31. The lowest BCUT2D eigenvalue weighted by Gasteiger charge is -2.07.